The summed E-state index contributed by atoms with van der Waals surface area (Å²) in [5.41, 5.74) is 0.786. The molecule has 1 fully saturated rings. The predicted octanol–water partition coefficient (Wildman–Crippen LogP) is 1.85. The molecule has 1 N–H and O–H groups in total. The quantitative estimate of drug-likeness (QED) is 0.549. The number of rotatable bonds is 4. The van der Waals surface area contributed by atoms with Gasteiger partial charge in [-0.1, -0.05) is 0 Å². The number of hydrogen-bond donors (Lipinski definition) is 1. The number of hydrogen-bond acceptors (Lipinski definition) is 8. The number of nitrogens with zero attached hydrogens (tertiary/aromatic N) is 7. The number of aromatic nitrogens is 4. The van der Waals surface area contributed by atoms with Gasteiger partial charge in [0, 0.05) is 44.6 Å². The maximum Gasteiger partial charge on any atom is 0.312 e. The molecule has 0 aliphatic carbocycles. The van der Waals surface area contributed by atoms with Crippen molar-refractivity contribution in [3.8, 4) is 6.07 Å². The molecule has 3 aromatic heterocycles. The first-order valence-electron chi connectivity index (χ1n) is 8.39. The van der Waals surface area contributed by atoms with Gasteiger partial charge in [0.15, 0.2) is 0 Å². The number of nitriles is 1. The molecule has 0 aromatic carbocycles. The van der Waals surface area contributed by atoms with E-state index in [1.165, 1.54) is 18.6 Å². The lowest BCUT2D eigenvalue weighted by Crippen LogP contribution is -2.35. The lowest BCUT2D eigenvalue weighted by atomic mass is 10.2. The molecule has 0 spiro atoms. The summed E-state index contributed by atoms with van der Waals surface area (Å²) in [7, 11) is 1.79. The molecule has 0 radical (unpaired) electrons. The molecule has 0 bridgehead atoms. The minimum atomic E-state index is -0.500. The zero-order chi connectivity index (χ0) is 19.0. The summed E-state index contributed by atoms with van der Waals surface area (Å²) in [5, 5.41) is 21.3. The first-order chi connectivity index (χ1) is 13.1. The van der Waals surface area contributed by atoms with Crippen LogP contribution in [-0.4, -0.2) is 51.0 Å². The number of aromatic amines is 1. The molecular weight excluding hydrogens is 348 g/mol. The largest absolute Gasteiger partial charge is 0.354 e. The van der Waals surface area contributed by atoms with Crippen LogP contribution in [0.1, 0.15) is 12.0 Å². The number of H-pyrrole nitrogens is 1. The van der Waals surface area contributed by atoms with Crippen molar-refractivity contribution < 1.29 is 4.92 Å². The minimum absolute atomic E-state index is 0.0353. The Balaban J connectivity index is 1.60. The van der Waals surface area contributed by atoms with E-state index in [0.717, 1.165) is 29.8 Å². The van der Waals surface area contributed by atoms with Gasteiger partial charge in [-0.2, -0.15) is 5.26 Å². The van der Waals surface area contributed by atoms with E-state index in [0.29, 0.717) is 6.54 Å². The molecule has 3 aromatic rings. The number of nitrogens with one attached hydrogen (secondary N) is 1. The highest BCUT2D eigenvalue weighted by Crippen LogP contribution is 2.31. The van der Waals surface area contributed by atoms with Gasteiger partial charge in [-0.25, -0.2) is 15.0 Å². The second-order valence-corrected chi connectivity index (χ2v) is 6.37. The fourth-order valence-electron chi connectivity index (χ4n) is 3.45. The molecule has 0 unspecified atom stereocenters. The predicted molar refractivity (Wildman–Crippen MR) is 98.5 cm³/mol. The highest BCUT2D eigenvalue weighted by molar-refractivity contribution is 5.87. The molecule has 1 aliphatic rings. The molecule has 136 valence electrons. The van der Waals surface area contributed by atoms with E-state index in [4.69, 9.17) is 5.26 Å². The molecule has 4 heterocycles. The van der Waals surface area contributed by atoms with Gasteiger partial charge < -0.3 is 14.8 Å². The second kappa shape index (κ2) is 6.53. The summed E-state index contributed by atoms with van der Waals surface area (Å²) < 4.78 is 0. The molecule has 1 atom stereocenters. The highest BCUT2D eigenvalue weighted by atomic mass is 16.6. The molecule has 0 amide bonds. The third kappa shape index (κ3) is 2.89. The third-order valence-electron chi connectivity index (χ3n) is 4.85. The molecule has 4 rings (SSSR count). The van der Waals surface area contributed by atoms with Crippen molar-refractivity contribution in [2.45, 2.75) is 12.5 Å². The molecule has 10 nitrogen and oxygen atoms in total. The Morgan fingerprint density at radius 3 is 3.07 bits per heavy atom. The number of pyridine rings is 1. The van der Waals surface area contributed by atoms with Crippen LogP contribution in [0.2, 0.25) is 0 Å². The standard InChI is InChI=1S/C17H16N8O2/c1-23(17-14(25(26)27)6-11(7-18)8-20-17)12-3-5-24(9-12)16-13-2-4-19-15(13)21-10-22-16/h2,4,6,8,10,12H,3,5,9H2,1H3,(H,19,21,22)/t12-/m1/s1. The van der Waals surface area contributed by atoms with Gasteiger partial charge in [0.25, 0.3) is 0 Å². The van der Waals surface area contributed by atoms with Crippen molar-refractivity contribution in [1.29, 1.82) is 5.26 Å². The number of likely N-dealkylation sites (N-methyl/N-ethyl adjacent to an activating group) is 1. The van der Waals surface area contributed by atoms with E-state index >= 15 is 0 Å². The highest BCUT2D eigenvalue weighted by Gasteiger charge is 2.31. The summed E-state index contributed by atoms with van der Waals surface area (Å²) in [6.07, 6.45) is 5.52. The lowest BCUT2D eigenvalue weighted by molar-refractivity contribution is -0.384. The molecule has 27 heavy (non-hydrogen) atoms. The molecular formula is C17H16N8O2. The Morgan fingerprint density at radius 2 is 2.30 bits per heavy atom. The zero-order valence-electron chi connectivity index (χ0n) is 14.5. The van der Waals surface area contributed by atoms with Gasteiger partial charge in [-0.15, -0.1) is 0 Å². The second-order valence-electron chi connectivity index (χ2n) is 6.37. The van der Waals surface area contributed by atoms with Gasteiger partial charge in [0.1, 0.15) is 23.9 Å². The molecule has 1 saturated heterocycles. The van der Waals surface area contributed by atoms with Crippen LogP contribution in [0, 0.1) is 21.4 Å². The van der Waals surface area contributed by atoms with E-state index in [-0.39, 0.29) is 23.1 Å². The van der Waals surface area contributed by atoms with E-state index in [1.54, 1.807) is 7.05 Å². The van der Waals surface area contributed by atoms with Crippen LogP contribution in [0.4, 0.5) is 17.3 Å². The molecule has 1 aliphatic heterocycles. The summed E-state index contributed by atoms with van der Waals surface area (Å²) in [4.78, 5) is 30.7. The number of anilines is 2. The van der Waals surface area contributed by atoms with E-state index in [2.05, 4.69) is 24.8 Å². The maximum atomic E-state index is 11.4. The first kappa shape index (κ1) is 16.7. The van der Waals surface area contributed by atoms with Crippen LogP contribution in [0.15, 0.2) is 30.9 Å². The van der Waals surface area contributed by atoms with Crippen molar-refractivity contribution in [3.63, 3.8) is 0 Å². The van der Waals surface area contributed by atoms with Crippen molar-refractivity contribution >= 4 is 28.4 Å². The van der Waals surface area contributed by atoms with Gasteiger partial charge >= 0.3 is 5.69 Å². The number of nitro groups is 1. The fourth-order valence-corrected chi connectivity index (χ4v) is 3.45. The van der Waals surface area contributed by atoms with Crippen molar-refractivity contribution in [2.75, 3.05) is 29.9 Å². The van der Waals surface area contributed by atoms with Crippen molar-refractivity contribution in [3.05, 3.63) is 46.5 Å². The van der Waals surface area contributed by atoms with Crippen LogP contribution in [0.3, 0.4) is 0 Å². The monoisotopic (exact) mass is 364 g/mol. The Morgan fingerprint density at radius 1 is 1.44 bits per heavy atom. The van der Waals surface area contributed by atoms with Crippen LogP contribution < -0.4 is 9.80 Å². The lowest BCUT2D eigenvalue weighted by Gasteiger charge is -2.26. The van der Waals surface area contributed by atoms with Crippen LogP contribution in [-0.2, 0) is 0 Å². The van der Waals surface area contributed by atoms with E-state index in [1.807, 2.05) is 23.2 Å². The summed E-state index contributed by atoms with van der Waals surface area (Å²) in [5.74, 6) is 1.11. The summed E-state index contributed by atoms with van der Waals surface area (Å²) >= 11 is 0. The van der Waals surface area contributed by atoms with Crippen LogP contribution in [0.25, 0.3) is 11.0 Å². The van der Waals surface area contributed by atoms with Crippen molar-refractivity contribution in [1.82, 2.24) is 19.9 Å². The minimum Gasteiger partial charge on any atom is -0.354 e. The van der Waals surface area contributed by atoms with Crippen LogP contribution >= 0.6 is 0 Å². The molecule has 10 heteroatoms. The topological polar surface area (TPSA) is 128 Å². The van der Waals surface area contributed by atoms with Gasteiger partial charge in [-0.3, -0.25) is 10.1 Å². The normalized spacial score (nSPS) is 16.4. The number of fused-ring (bicyclic) bond motifs is 1. The third-order valence-corrected chi connectivity index (χ3v) is 4.85. The van der Waals surface area contributed by atoms with Crippen LogP contribution in [0.5, 0.6) is 0 Å². The summed E-state index contributed by atoms with van der Waals surface area (Å²) in [6, 6.07) is 5.13. The smallest absolute Gasteiger partial charge is 0.312 e. The Bertz CT molecular complexity index is 1060. The van der Waals surface area contributed by atoms with E-state index < -0.39 is 4.92 Å². The van der Waals surface area contributed by atoms with E-state index in [9.17, 15) is 10.1 Å². The molecule has 0 saturated carbocycles. The van der Waals surface area contributed by atoms with Gasteiger partial charge in [0.2, 0.25) is 5.82 Å². The first-order valence-corrected chi connectivity index (χ1v) is 8.39. The average Bonchev–Trinajstić information content (AvgIpc) is 3.36. The Hall–Kier alpha value is -3.74. The van der Waals surface area contributed by atoms with Crippen molar-refractivity contribution in [2.24, 2.45) is 0 Å². The fraction of sp³-hybridized carbons (Fsp3) is 0.294. The Kier molecular flexibility index (Phi) is 4.04. The van der Waals surface area contributed by atoms with Gasteiger partial charge in [-0.05, 0) is 12.5 Å². The summed E-state index contributed by atoms with van der Waals surface area (Å²) in [6.45, 7) is 1.43. The zero-order valence-corrected chi connectivity index (χ0v) is 14.5. The SMILES string of the molecule is CN(c1ncc(C#N)cc1[N+](=O)[O-])[C@@H]1CCN(c2ncnc3[nH]ccc23)C1. The maximum absolute atomic E-state index is 11.4. The van der Waals surface area contributed by atoms with Gasteiger partial charge in [0.05, 0.1) is 15.9 Å². The average molecular weight is 364 g/mol. The Labute approximate surface area is 154 Å².